The van der Waals surface area contributed by atoms with Gasteiger partial charge in [0.15, 0.2) is 0 Å². The Labute approximate surface area is 135 Å². The minimum absolute atomic E-state index is 0.0413. The average Bonchev–Trinajstić information content (AvgIpc) is 2.77. The molecule has 20 heavy (non-hydrogen) atoms. The molecule has 0 spiro atoms. The zero-order chi connectivity index (χ0) is 14.9. The lowest BCUT2D eigenvalue weighted by molar-refractivity contribution is -0.136. The molecule has 2 rings (SSSR count). The van der Waals surface area contributed by atoms with E-state index in [-0.39, 0.29) is 10.7 Å². The Morgan fingerprint density at radius 1 is 1.30 bits per heavy atom. The van der Waals surface area contributed by atoms with Crippen molar-refractivity contribution in [3.05, 3.63) is 48.7 Å². The van der Waals surface area contributed by atoms with E-state index in [0.717, 1.165) is 15.0 Å². The monoisotopic (exact) mass is 431 g/mol. The lowest BCUT2D eigenvalue weighted by atomic mass is 10.1. The molecule has 8 heteroatoms. The van der Waals surface area contributed by atoms with Crippen LogP contribution < -0.4 is 5.32 Å². The van der Waals surface area contributed by atoms with E-state index in [4.69, 9.17) is 11.6 Å². The fourth-order valence-electron chi connectivity index (χ4n) is 1.48. The number of anilines is 1. The van der Waals surface area contributed by atoms with Crippen molar-refractivity contribution >= 4 is 57.1 Å². The Hall–Kier alpha value is -0.800. The van der Waals surface area contributed by atoms with Crippen LogP contribution in [0.5, 0.6) is 0 Å². The van der Waals surface area contributed by atoms with Crippen molar-refractivity contribution in [2.24, 2.45) is 0 Å². The van der Waals surface area contributed by atoms with Crippen LogP contribution in [0.3, 0.4) is 0 Å². The van der Waals surface area contributed by atoms with Crippen LogP contribution in [0.1, 0.15) is 15.9 Å². The highest BCUT2D eigenvalue weighted by atomic mass is 127. The largest absolute Gasteiger partial charge is 0.418 e. The van der Waals surface area contributed by atoms with Gasteiger partial charge < -0.3 is 5.32 Å². The number of rotatable bonds is 2. The molecule has 1 aromatic heterocycles. The third-order valence-electron chi connectivity index (χ3n) is 2.36. The van der Waals surface area contributed by atoms with Crippen molar-refractivity contribution in [2.45, 2.75) is 6.18 Å². The van der Waals surface area contributed by atoms with Crippen LogP contribution in [0.15, 0.2) is 29.6 Å². The van der Waals surface area contributed by atoms with Crippen LogP contribution in [-0.2, 0) is 6.18 Å². The van der Waals surface area contributed by atoms with E-state index >= 15 is 0 Å². The molecule has 1 N–H and O–H groups in total. The van der Waals surface area contributed by atoms with Gasteiger partial charge in [0.05, 0.1) is 19.7 Å². The summed E-state index contributed by atoms with van der Waals surface area (Å²) in [7, 11) is 0. The summed E-state index contributed by atoms with van der Waals surface area (Å²) in [6, 6.07) is 4.82. The number of nitrogens with one attached hydrogen (secondary N) is 1. The molecule has 0 aliphatic carbocycles. The van der Waals surface area contributed by atoms with Crippen molar-refractivity contribution in [1.29, 1.82) is 0 Å². The highest BCUT2D eigenvalue weighted by Gasteiger charge is 2.34. The molecule has 0 aliphatic rings. The molecule has 1 heterocycles. The van der Waals surface area contributed by atoms with Crippen LogP contribution in [0.2, 0.25) is 5.02 Å². The number of carbonyl (C=O) groups excluding carboxylic acids is 1. The summed E-state index contributed by atoms with van der Waals surface area (Å²) in [5.41, 5.74) is -0.959. The predicted octanol–water partition coefficient (Wildman–Crippen LogP) is 5.28. The van der Waals surface area contributed by atoms with E-state index in [2.05, 4.69) is 5.32 Å². The third-order valence-corrected chi connectivity index (χ3v) is 4.39. The lowest BCUT2D eigenvalue weighted by Gasteiger charge is -2.13. The van der Waals surface area contributed by atoms with Gasteiger partial charge in [-0.15, -0.1) is 11.3 Å². The number of thiophene rings is 1. The normalized spacial score (nSPS) is 11.4. The van der Waals surface area contributed by atoms with Crippen LogP contribution in [-0.4, -0.2) is 5.91 Å². The zero-order valence-corrected chi connectivity index (χ0v) is 13.3. The van der Waals surface area contributed by atoms with E-state index in [1.54, 1.807) is 11.4 Å². The summed E-state index contributed by atoms with van der Waals surface area (Å²) in [6.07, 6.45) is -4.59. The number of alkyl halides is 3. The van der Waals surface area contributed by atoms with E-state index in [1.807, 2.05) is 22.6 Å². The Bertz CT molecular complexity index is 656. The lowest BCUT2D eigenvalue weighted by Crippen LogP contribution is -2.16. The average molecular weight is 432 g/mol. The van der Waals surface area contributed by atoms with E-state index in [1.165, 1.54) is 17.4 Å². The fourth-order valence-corrected chi connectivity index (χ4v) is 2.98. The Kier molecular flexibility index (Phi) is 4.60. The van der Waals surface area contributed by atoms with Crippen molar-refractivity contribution in [1.82, 2.24) is 0 Å². The number of hydrogen-bond acceptors (Lipinski definition) is 2. The molecule has 0 unspecified atom stereocenters. The maximum absolute atomic E-state index is 12.9. The first-order valence-electron chi connectivity index (χ1n) is 5.19. The molecule has 1 aromatic carbocycles. The standard InChI is InChI=1S/C12H6ClF3INOS/c13-7-1-2-9(8(4-7)12(14,15)16)18-11(19)6-3-10(17)20-5-6/h1-5H,(H,18,19). The second kappa shape index (κ2) is 5.90. The van der Waals surface area contributed by atoms with E-state index in [9.17, 15) is 18.0 Å². The predicted molar refractivity (Wildman–Crippen MR) is 81.4 cm³/mol. The van der Waals surface area contributed by atoms with Gasteiger partial charge in [-0.05, 0) is 46.9 Å². The number of amides is 1. The fraction of sp³-hybridized carbons (Fsp3) is 0.0833. The molecular weight excluding hydrogens is 426 g/mol. The van der Waals surface area contributed by atoms with Gasteiger partial charge in [0, 0.05) is 10.4 Å². The highest BCUT2D eigenvalue weighted by Crippen LogP contribution is 2.36. The summed E-state index contributed by atoms with van der Waals surface area (Å²) in [5.74, 6) is -0.586. The number of hydrogen-bond donors (Lipinski definition) is 1. The van der Waals surface area contributed by atoms with Gasteiger partial charge in [-0.2, -0.15) is 13.2 Å². The minimum Gasteiger partial charge on any atom is -0.321 e. The van der Waals surface area contributed by atoms with E-state index in [0.29, 0.717) is 5.56 Å². The quantitative estimate of drug-likeness (QED) is 0.644. The van der Waals surface area contributed by atoms with Crippen molar-refractivity contribution in [3.63, 3.8) is 0 Å². The summed E-state index contributed by atoms with van der Waals surface area (Å²) < 4.78 is 39.5. The zero-order valence-electron chi connectivity index (χ0n) is 9.59. The molecular formula is C12H6ClF3INOS. The van der Waals surface area contributed by atoms with Crippen LogP contribution >= 0.6 is 45.5 Å². The molecule has 0 bridgehead atoms. The molecule has 0 fully saturated rings. The molecule has 0 aliphatic heterocycles. The summed E-state index contributed by atoms with van der Waals surface area (Å²) >= 11 is 8.94. The van der Waals surface area contributed by atoms with Gasteiger partial charge in [0.2, 0.25) is 0 Å². The van der Waals surface area contributed by atoms with Gasteiger partial charge in [0.1, 0.15) is 0 Å². The number of benzene rings is 1. The smallest absolute Gasteiger partial charge is 0.321 e. The minimum atomic E-state index is -4.59. The molecule has 2 aromatic rings. The first-order valence-corrected chi connectivity index (χ1v) is 7.53. The molecule has 0 saturated carbocycles. The first kappa shape index (κ1) is 15.6. The summed E-state index contributed by atoms with van der Waals surface area (Å²) in [5, 5.41) is 3.80. The topological polar surface area (TPSA) is 29.1 Å². The van der Waals surface area contributed by atoms with Gasteiger partial charge >= 0.3 is 6.18 Å². The maximum Gasteiger partial charge on any atom is 0.418 e. The van der Waals surface area contributed by atoms with Gasteiger partial charge in [0.25, 0.3) is 5.91 Å². The summed E-state index contributed by atoms with van der Waals surface area (Å²) in [6.45, 7) is 0. The molecule has 0 atom stereocenters. The van der Waals surface area contributed by atoms with Gasteiger partial charge in [-0.3, -0.25) is 4.79 Å². The third kappa shape index (κ3) is 3.64. The molecule has 2 nitrogen and oxygen atoms in total. The molecule has 0 saturated heterocycles. The second-order valence-electron chi connectivity index (χ2n) is 3.78. The van der Waals surface area contributed by atoms with E-state index < -0.39 is 17.6 Å². The SMILES string of the molecule is O=C(Nc1ccc(Cl)cc1C(F)(F)F)c1csc(I)c1. The van der Waals surface area contributed by atoms with Crippen molar-refractivity contribution in [2.75, 3.05) is 5.32 Å². The molecule has 1 amide bonds. The molecule has 0 radical (unpaired) electrons. The highest BCUT2D eigenvalue weighted by molar-refractivity contribution is 14.1. The Morgan fingerprint density at radius 2 is 2.00 bits per heavy atom. The summed E-state index contributed by atoms with van der Waals surface area (Å²) in [4.78, 5) is 11.9. The first-order chi connectivity index (χ1) is 9.27. The maximum atomic E-state index is 12.9. The van der Waals surface area contributed by atoms with Crippen LogP contribution in [0.4, 0.5) is 18.9 Å². The number of carbonyl (C=O) groups is 1. The Morgan fingerprint density at radius 3 is 2.55 bits per heavy atom. The second-order valence-corrected chi connectivity index (χ2v) is 7.02. The molecule has 106 valence electrons. The number of halogens is 5. The van der Waals surface area contributed by atoms with Crippen molar-refractivity contribution in [3.8, 4) is 0 Å². The van der Waals surface area contributed by atoms with Gasteiger partial charge in [-0.1, -0.05) is 11.6 Å². The van der Waals surface area contributed by atoms with Gasteiger partial charge in [-0.25, -0.2) is 0 Å². The van der Waals surface area contributed by atoms with Crippen LogP contribution in [0, 0.1) is 2.88 Å². The Balaban J connectivity index is 2.32. The van der Waals surface area contributed by atoms with Crippen LogP contribution in [0.25, 0.3) is 0 Å². The van der Waals surface area contributed by atoms with Crippen molar-refractivity contribution < 1.29 is 18.0 Å².